The molecular weight excluding hydrogens is 372 g/mol. The zero-order valence-corrected chi connectivity index (χ0v) is 14.7. The van der Waals surface area contributed by atoms with Crippen LogP contribution >= 0.6 is 12.4 Å². The number of fused-ring (bicyclic) bond motifs is 1. The van der Waals surface area contributed by atoms with E-state index in [0.717, 1.165) is 0 Å². The summed E-state index contributed by atoms with van der Waals surface area (Å²) in [5.74, 6) is -3.09. The van der Waals surface area contributed by atoms with Crippen LogP contribution in [0.25, 0.3) is 0 Å². The lowest BCUT2D eigenvalue weighted by Gasteiger charge is -2.25. The second-order valence-corrected chi connectivity index (χ2v) is 6.00. The molecule has 0 spiro atoms. The highest BCUT2D eigenvalue weighted by atomic mass is 35.5. The molecule has 1 saturated heterocycles. The zero-order valence-electron chi connectivity index (χ0n) is 13.9. The molecule has 7 nitrogen and oxygen atoms in total. The number of rotatable bonds is 5. The van der Waals surface area contributed by atoms with Crippen LogP contribution in [-0.2, 0) is 4.79 Å². The number of amides is 2. The van der Waals surface area contributed by atoms with E-state index in [9.17, 15) is 18.4 Å². The van der Waals surface area contributed by atoms with Crippen LogP contribution in [0.4, 0.5) is 8.78 Å². The molecule has 2 amide bonds. The van der Waals surface area contributed by atoms with Crippen LogP contribution in [-0.4, -0.2) is 55.1 Å². The lowest BCUT2D eigenvalue weighted by atomic mass is 10.1. The fourth-order valence-electron chi connectivity index (χ4n) is 2.88. The van der Waals surface area contributed by atoms with Crippen LogP contribution in [0, 0.1) is 0 Å². The lowest BCUT2D eigenvalue weighted by Crippen LogP contribution is -2.49. The first-order valence-electron chi connectivity index (χ1n) is 7.97. The first-order valence-corrected chi connectivity index (χ1v) is 7.97. The standard InChI is InChI=1S/C16H19F2N3O4.ClH/c17-16(18,7-19)8-20-14(22)11-2-1-5-21(11)15(23)10-3-4-12-13(6-10)25-9-24-12;/h3-4,6,11H,1-2,5,7-9,19H2,(H,20,22);1H. The topological polar surface area (TPSA) is 93.9 Å². The van der Waals surface area contributed by atoms with E-state index in [4.69, 9.17) is 15.2 Å². The van der Waals surface area contributed by atoms with E-state index in [-0.39, 0.29) is 25.1 Å². The molecular formula is C16H20ClF2N3O4. The minimum Gasteiger partial charge on any atom is -0.454 e. The van der Waals surface area contributed by atoms with E-state index >= 15 is 0 Å². The van der Waals surface area contributed by atoms with Gasteiger partial charge in [-0.15, -0.1) is 12.4 Å². The van der Waals surface area contributed by atoms with Crippen molar-refractivity contribution in [2.75, 3.05) is 26.4 Å². The molecule has 0 saturated carbocycles. The highest BCUT2D eigenvalue weighted by molar-refractivity contribution is 5.98. The summed E-state index contributed by atoms with van der Waals surface area (Å²) in [6, 6.07) is 4.00. The molecule has 3 rings (SSSR count). The van der Waals surface area contributed by atoms with Crippen molar-refractivity contribution in [3.63, 3.8) is 0 Å². The van der Waals surface area contributed by atoms with Gasteiger partial charge in [0.25, 0.3) is 11.8 Å². The molecule has 1 fully saturated rings. The van der Waals surface area contributed by atoms with Crippen molar-refractivity contribution in [3.05, 3.63) is 23.8 Å². The van der Waals surface area contributed by atoms with E-state index in [1.807, 2.05) is 0 Å². The van der Waals surface area contributed by atoms with Crippen LogP contribution in [0.1, 0.15) is 23.2 Å². The Balaban J connectivity index is 0.00000243. The molecule has 1 atom stereocenters. The molecule has 0 aliphatic carbocycles. The van der Waals surface area contributed by atoms with Gasteiger partial charge >= 0.3 is 0 Å². The Hall–Kier alpha value is -2.13. The molecule has 3 N–H and O–H groups in total. The van der Waals surface area contributed by atoms with Gasteiger partial charge in [-0.05, 0) is 31.0 Å². The third-order valence-electron chi connectivity index (χ3n) is 4.26. The highest BCUT2D eigenvalue weighted by Gasteiger charge is 2.36. The average molecular weight is 392 g/mol. The predicted octanol–water partition coefficient (Wildman–Crippen LogP) is 1.15. The normalized spacial score (nSPS) is 18.4. The van der Waals surface area contributed by atoms with Gasteiger partial charge in [-0.2, -0.15) is 0 Å². The smallest absolute Gasteiger partial charge is 0.277 e. The molecule has 0 radical (unpaired) electrons. The summed E-state index contributed by atoms with van der Waals surface area (Å²) in [4.78, 5) is 26.3. The van der Waals surface area contributed by atoms with Gasteiger partial charge in [-0.3, -0.25) is 9.59 Å². The molecule has 1 aromatic carbocycles. The monoisotopic (exact) mass is 391 g/mol. The van der Waals surface area contributed by atoms with Gasteiger partial charge in [0.05, 0.1) is 13.1 Å². The van der Waals surface area contributed by atoms with E-state index in [1.54, 1.807) is 18.2 Å². The number of ether oxygens (including phenoxy) is 2. The first kappa shape index (κ1) is 20.2. The van der Waals surface area contributed by atoms with E-state index in [0.29, 0.717) is 36.4 Å². The number of alkyl halides is 2. The molecule has 0 bridgehead atoms. The molecule has 144 valence electrons. The van der Waals surface area contributed by atoms with Crippen molar-refractivity contribution in [2.45, 2.75) is 24.8 Å². The summed E-state index contributed by atoms with van der Waals surface area (Å²) < 4.78 is 36.9. The van der Waals surface area contributed by atoms with E-state index in [1.165, 1.54) is 4.90 Å². The van der Waals surface area contributed by atoms with Gasteiger partial charge in [0, 0.05) is 12.1 Å². The van der Waals surface area contributed by atoms with Crippen LogP contribution in [0.5, 0.6) is 11.5 Å². The van der Waals surface area contributed by atoms with Crippen LogP contribution < -0.4 is 20.5 Å². The molecule has 10 heteroatoms. The van der Waals surface area contributed by atoms with Crippen molar-refractivity contribution in [1.29, 1.82) is 0 Å². The van der Waals surface area contributed by atoms with Crippen molar-refractivity contribution >= 4 is 24.2 Å². The Morgan fingerprint density at radius 3 is 2.77 bits per heavy atom. The average Bonchev–Trinajstić information content (AvgIpc) is 3.27. The van der Waals surface area contributed by atoms with Gasteiger partial charge in [-0.1, -0.05) is 0 Å². The number of carbonyl (C=O) groups is 2. The van der Waals surface area contributed by atoms with Crippen molar-refractivity contribution in [2.24, 2.45) is 5.73 Å². The minimum atomic E-state index is -3.17. The van der Waals surface area contributed by atoms with Crippen LogP contribution in [0.3, 0.4) is 0 Å². The number of hydrogen-bond donors (Lipinski definition) is 2. The number of nitrogens with two attached hydrogens (primary N) is 1. The minimum absolute atomic E-state index is 0. The van der Waals surface area contributed by atoms with E-state index < -0.39 is 31.0 Å². The second-order valence-electron chi connectivity index (χ2n) is 6.00. The predicted molar refractivity (Wildman–Crippen MR) is 90.9 cm³/mol. The number of carbonyl (C=O) groups excluding carboxylic acids is 2. The van der Waals surface area contributed by atoms with Crippen molar-refractivity contribution in [3.8, 4) is 11.5 Å². The highest BCUT2D eigenvalue weighted by Crippen LogP contribution is 2.33. The lowest BCUT2D eigenvalue weighted by molar-refractivity contribution is -0.126. The van der Waals surface area contributed by atoms with Gasteiger partial charge in [-0.25, -0.2) is 8.78 Å². The van der Waals surface area contributed by atoms with Gasteiger partial charge in [0.1, 0.15) is 6.04 Å². The number of likely N-dealkylation sites (tertiary alicyclic amines) is 1. The summed E-state index contributed by atoms with van der Waals surface area (Å²) in [6.45, 7) is -1.21. The van der Waals surface area contributed by atoms with Crippen molar-refractivity contribution < 1.29 is 27.8 Å². The Morgan fingerprint density at radius 1 is 1.31 bits per heavy atom. The summed E-state index contributed by atoms with van der Waals surface area (Å²) in [5.41, 5.74) is 5.31. The molecule has 1 unspecified atom stereocenters. The van der Waals surface area contributed by atoms with E-state index in [2.05, 4.69) is 5.32 Å². The largest absolute Gasteiger partial charge is 0.454 e. The number of benzene rings is 1. The Bertz CT molecular complexity index is 689. The SMILES string of the molecule is Cl.NCC(F)(F)CNC(=O)C1CCCN1C(=O)c1ccc2c(c1)OCO2. The van der Waals surface area contributed by atoms with Crippen LogP contribution in [0.15, 0.2) is 18.2 Å². The second kappa shape index (κ2) is 8.05. The maximum Gasteiger partial charge on any atom is 0.277 e. The maximum absolute atomic E-state index is 13.2. The Labute approximate surface area is 155 Å². The summed E-state index contributed by atoms with van der Waals surface area (Å²) in [7, 11) is 0. The number of nitrogens with one attached hydrogen (secondary N) is 1. The maximum atomic E-state index is 13.2. The fourth-order valence-corrected chi connectivity index (χ4v) is 2.88. The van der Waals surface area contributed by atoms with Crippen molar-refractivity contribution in [1.82, 2.24) is 10.2 Å². The Kier molecular flexibility index (Phi) is 6.25. The van der Waals surface area contributed by atoms with Gasteiger partial charge in [0.15, 0.2) is 11.5 Å². The number of halogens is 3. The third kappa shape index (κ3) is 4.16. The molecule has 2 aliphatic rings. The summed E-state index contributed by atoms with van der Waals surface area (Å²) in [6.07, 6.45) is 1.05. The fraction of sp³-hybridized carbons (Fsp3) is 0.500. The molecule has 2 aliphatic heterocycles. The molecule has 0 aromatic heterocycles. The molecule has 1 aromatic rings. The quantitative estimate of drug-likeness (QED) is 0.785. The number of nitrogens with zero attached hydrogens (tertiary/aromatic N) is 1. The van der Waals surface area contributed by atoms with Gasteiger partial charge < -0.3 is 25.4 Å². The van der Waals surface area contributed by atoms with Crippen LogP contribution in [0.2, 0.25) is 0 Å². The van der Waals surface area contributed by atoms with Gasteiger partial charge in [0.2, 0.25) is 12.7 Å². The third-order valence-corrected chi connectivity index (χ3v) is 4.26. The molecule has 26 heavy (non-hydrogen) atoms. The molecule has 2 heterocycles. The summed E-state index contributed by atoms with van der Waals surface area (Å²) >= 11 is 0. The number of hydrogen-bond acceptors (Lipinski definition) is 5. The Morgan fingerprint density at radius 2 is 2.04 bits per heavy atom. The first-order chi connectivity index (χ1) is 11.9. The zero-order chi connectivity index (χ0) is 18.0. The summed E-state index contributed by atoms with van der Waals surface area (Å²) in [5, 5.41) is 2.19.